The lowest BCUT2D eigenvalue weighted by Crippen LogP contribution is -2.21. The molecule has 0 aliphatic rings. The second-order valence-electron chi connectivity index (χ2n) is 5.12. The minimum Gasteiger partial charge on any atom is -0.372 e. The Kier molecular flexibility index (Phi) is 5.99. The molecule has 0 bridgehead atoms. The van der Waals surface area contributed by atoms with E-state index in [1.165, 1.54) is 12.1 Å². The smallest absolute Gasteiger partial charge is 0.265 e. The van der Waals surface area contributed by atoms with Gasteiger partial charge in [0.15, 0.2) is 11.6 Å². The van der Waals surface area contributed by atoms with Crippen LogP contribution in [0.4, 0.5) is 24.5 Å². The van der Waals surface area contributed by atoms with Gasteiger partial charge in [-0.05, 0) is 60.1 Å². The highest BCUT2D eigenvalue weighted by Crippen LogP contribution is 2.29. The highest BCUT2D eigenvalue weighted by atomic mass is 79.9. The van der Waals surface area contributed by atoms with E-state index in [2.05, 4.69) is 25.6 Å². The van der Waals surface area contributed by atoms with Gasteiger partial charge in [-0.3, -0.25) is 4.72 Å². The molecule has 0 amide bonds. The molecule has 0 saturated heterocycles. The molecule has 136 valence electrons. The van der Waals surface area contributed by atoms with E-state index in [0.717, 1.165) is 18.8 Å². The van der Waals surface area contributed by atoms with Gasteiger partial charge in [0.1, 0.15) is 10.7 Å². The monoisotopic (exact) mass is 436 g/mol. The number of hydrogen-bond acceptors (Lipinski definition) is 3. The fourth-order valence-electron chi connectivity index (χ4n) is 2.29. The van der Waals surface area contributed by atoms with Gasteiger partial charge in [0.25, 0.3) is 10.0 Å². The van der Waals surface area contributed by atoms with E-state index in [4.69, 9.17) is 0 Å². The first-order valence-electron chi connectivity index (χ1n) is 7.42. The molecule has 25 heavy (non-hydrogen) atoms. The van der Waals surface area contributed by atoms with Gasteiger partial charge >= 0.3 is 0 Å². The van der Waals surface area contributed by atoms with Crippen LogP contribution >= 0.6 is 15.9 Å². The normalized spacial score (nSPS) is 11.4. The van der Waals surface area contributed by atoms with Gasteiger partial charge in [-0.25, -0.2) is 21.6 Å². The maximum Gasteiger partial charge on any atom is 0.265 e. The summed E-state index contributed by atoms with van der Waals surface area (Å²) < 4.78 is 66.9. The second kappa shape index (κ2) is 7.65. The lowest BCUT2D eigenvalue weighted by Gasteiger charge is -2.21. The third kappa shape index (κ3) is 4.09. The maximum atomic E-state index is 13.9. The van der Waals surface area contributed by atoms with Crippen LogP contribution in [0.15, 0.2) is 39.7 Å². The van der Waals surface area contributed by atoms with Crippen molar-refractivity contribution in [1.29, 1.82) is 0 Å². The molecular formula is C16H16BrF3N2O2S. The molecule has 1 N–H and O–H groups in total. The van der Waals surface area contributed by atoms with Crippen LogP contribution in [-0.4, -0.2) is 21.5 Å². The van der Waals surface area contributed by atoms with Gasteiger partial charge in [-0.2, -0.15) is 0 Å². The van der Waals surface area contributed by atoms with E-state index in [-0.39, 0.29) is 5.69 Å². The zero-order valence-corrected chi connectivity index (χ0v) is 15.9. The lowest BCUT2D eigenvalue weighted by atomic mass is 10.2. The van der Waals surface area contributed by atoms with Crippen LogP contribution in [-0.2, 0) is 10.0 Å². The zero-order chi connectivity index (χ0) is 18.8. The van der Waals surface area contributed by atoms with E-state index < -0.39 is 36.8 Å². The zero-order valence-electron chi connectivity index (χ0n) is 13.5. The number of hydrogen-bond donors (Lipinski definition) is 1. The van der Waals surface area contributed by atoms with Crippen molar-refractivity contribution in [3.63, 3.8) is 0 Å². The Hall–Kier alpha value is -1.74. The summed E-state index contributed by atoms with van der Waals surface area (Å²) in [5.41, 5.74) is 1.04. The summed E-state index contributed by atoms with van der Waals surface area (Å²) in [5, 5.41) is 0. The van der Waals surface area contributed by atoms with Crippen molar-refractivity contribution in [3.8, 4) is 0 Å². The van der Waals surface area contributed by atoms with E-state index in [9.17, 15) is 21.6 Å². The number of nitrogens with zero attached hydrogens (tertiary/aromatic N) is 1. The molecule has 0 spiro atoms. The summed E-state index contributed by atoms with van der Waals surface area (Å²) in [6.07, 6.45) is 0. The molecule has 9 heteroatoms. The van der Waals surface area contributed by atoms with E-state index in [1.807, 2.05) is 13.8 Å². The predicted molar refractivity (Wildman–Crippen MR) is 94.8 cm³/mol. The molecule has 0 aliphatic carbocycles. The van der Waals surface area contributed by atoms with Crippen molar-refractivity contribution < 1.29 is 21.6 Å². The van der Waals surface area contributed by atoms with Gasteiger partial charge in [0, 0.05) is 24.5 Å². The van der Waals surface area contributed by atoms with Gasteiger partial charge in [0.05, 0.1) is 4.47 Å². The summed E-state index contributed by atoms with van der Waals surface area (Å²) in [6, 6.07) is 6.81. The first-order valence-corrected chi connectivity index (χ1v) is 9.69. The molecule has 0 saturated carbocycles. The molecule has 0 aromatic heterocycles. The number of anilines is 2. The Morgan fingerprint density at radius 3 is 2.12 bits per heavy atom. The third-order valence-electron chi connectivity index (χ3n) is 3.61. The van der Waals surface area contributed by atoms with Gasteiger partial charge in [0.2, 0.25) is 0 Å². The molecular weight excluding hydrogens is 421 g/mol. The largest absolute Gasteiger partial charge is 0.372 e. The van der Waals surface area contributed by atoms with Crippen LogP contribution in [0, 0.1) is 17.5 Å². The molecule has 2 aromatic rings. The first-order chi connectivity index (χ1) is 11.7. The van der Waals surface area contributed by atoms with Crippen LogP contribution < -0.4 is 9.62 Å². The van der Waals surface area contributed by atoms with E-state index >= 15 is 0 Å². The second-order valence-corrected chi connectivity index (χ2v) is 7.57. The minimum atomic E-state index is -4.49. The minimum absolute atomic E-state index is 0.152. The summed E-state index contributed by atoms with van der Waals surface area (Å²) in [4.78, 5) is 0.954. The molecule has 0 heterocycles. The Labute approximate surface area is 152 Å². The van der Waals surface area contributed by atoms with Crippen molar-refractivity contribution >= 4 is 37.3 Å². The van der Waals surface area contributed by atoms with Gasteiger partial charge in [-0.1, -0.05) is 0 Å². The van der Waals surface area contributed by atoms with E-state index in [0.29, 0.717) is 6.07 Å². The van der Waals surface area contributed by atoms with Crippen LogP contribution in [0.2, 0.25) is 0 Å². The quantitative estimate of drug-likeness (QED) is 0.535. The molecule has 0 unspecified atom stereocenters. The number of halogens is 4. The summed E-state index contributed by atoms with van der Waals surface area (Å²) in [5.74, 6) is -4.46. The summed E-state index contributed by atoms with van der Waals surface area (Å²) in [7, 11) is -4.49. The van der Waals surface area contributed by atoms with Crippen LogP contribution in [0.3, 0.4) is 0 Å². The third-order valence-corrected chi connectivity index (χ3v) is 5.71. The number of nitrogens with one attached hydrogen (secondary N) is 1. The Bertz CT molecular complexity index is 870. The highest BCUT2D eigenvalue weighted by molar-refractivity contribution is 9.10. The van der Waals surface area contributed by atoms with Crippen molar-refractivity contribution in [1.82, 2.24) is 0 Å². The number of benzene rings is 2. The highest BCUT2D eigenvalue weighted by Gasteiger charge is 2.26. The summed E-state index contributed by atoms with van der Waals surface area (Å²) in [6.45, 7) is 5.54. The standard InChI is InChI=1S/C16H16BrF3N2O2S/c1-3-22(4-2)11-7-5-10(6-8-11)21-25(23,24)13-9-12(18)14(17)16(20)15(13)19/h5-9,21H,3-4H2,1-2H3. The van der Waals surface area contributed by atoms with Crippen molar-refractivity contribution in [3.05, 3.63) is 52.3 Å². The fraction of sp³-hybridized carbons (Fsp3) is 0.250. The van der Waals surface area contributed by atoms with Crippen molar-refractivity contribution in [2.45, 2.75) is 18.7 Å². The van der Waals surface area contributed by atoms with Gasteiger partial charge < -0.3 is 4.90 Å². The van der Waals surface area contributed by atoms with Gasteiger partial charge in [-0.15, -0.1) is 0 Å². The molecule has 2 aromatic carbocycles. The topological polar surface area (TPSA) is 49.4 Å². The van der Waals surface area contributed by atoms with Crippen LogP contribution in [0.5, 0.6) is 0 Å². The maximum absolute atomic E-state index is 13.9. The molecule has 0 atom stereocenters. The number of rotatable bonds is 6. The Morgan fingerprint density at radius 1 is 1.04 bits per heavy atom. The number of sulfonamides is 1. The lowest BCUT2D eigenvalue weighted by molar-refractivity contribution is 0.465. The average Bonchev–Trinajstić information content (AvgIpc) is 2.58. The SMILES string of the molecule is CCN(CC)c1ccc(NS(=O)(=O)c2cc(F)c(Br)c(F)c2F)cc1. The van der Waals surface area contributed by atoms with Crippen molar-refractivity contribution in [2.75, 3.05) is 22.7 Å². The first kappa shape index (κ1) is 19.6. The van der Waals surface area contributed by atoms with Crippen LogP contribution in [0.1, 0.15) is 13.8 Å². The molecule has 0 fully saturated rings. The fourth-order valence-corrected chi connectivity index (χ4v) is 3.71. The van der Waals surface area contributed by atoms with E-state index in [1.54, 1.807) is 12.1 Å². The molecule has 0 aliphatic heterocycles. The summed E-state index contributed by atoms with van der Waals surface area (Å²) >= 11 is 2.52. The van der Waals surface area contributed by atoms with Crippen molar-refractivity contribution in [2.24, 2.45) is 0 Å². The Morgan fingerprint density at radius 2 is 1.60 bits per heavy atom. The van der Waals surface area contributed by atoms with Crippen LogP contribution in [0.25, 0.3) is 0 Å². The molecule has 2 rings (SSSR count). The Balaban J connectivity index is 2.34. The predicted octanol–water partition coefficient (Wildman–Crippen LogP) is 4.51. The molecule has 0 radical (unpaired) electrons. The average molecular weight is 437 g/mol. The molecule has 4 nitrogen and oxygen atoms in total.